The quantitative estimate of drug-likeness (QED) is 0.695. The van der Waals surface area contributed by atoms with Crippen molar-refractivity contribution in [2.24, 2.45) is 0 Å². The number of halogens is 2. The lowest BCUT2D eigenvalue weighted by Gasteiger charge is -2.34. The lowest BCUT2D eigenvalue weighted by Crippen LogP contribution is -2.28. The summed E-state index contributed by atoms with van der Waals surface area (Å²) in [6, 6.07) is 2.90. The molecular formula is C11H13ClFN. The van der Waals surface area contributed by atoms with Gasteiger partial charge in [-0.25, -0.2) is 4.39 Å². The van der Waals surface area contributed by atoms with Gasteiger partial charge in [0.2, 0.25) is 0 Å². The Hall–Kier alpha value is -0.760. The van der Waals surface area contributed by atoms with Gasteiger partial charge in [-0.1, -0.05) is 25.4 Å². The molecule has 0 bridgehead atoms. The maximum Gasteiger partial charge on any atom is 0.126 e. The van der Waals surface area contributed by atoms with Crippen LogP contribution in [0.25, 0.3) is 0 Å². The van der Waals surface area contributed by atoms with E-state index in [0.29, 0.717) is 5.02 Å². The maximum absolute atomic E-state index is 13.1. The second-order valence-corrected chi connectivity index (χ2v) is 4.78. The van der Waals surface area contributed by atoms with Crippen molar-refractivity contribution < 1.29 is 4.39 Å². The van der Waals surface area contributed by atoms with Crippen LogP contribution in [0.1, 0.15) is 25.8 Å². The number of rotatable bonds is 0. The Morgan fingerprint density at radius 2 is 2.14 bits per heavy atom. The predicted molar refractivity (Wildman–Crippen MR) is 57.5 cm³/mol. The number of benzene rings is 1. The molecule has 3 heteroatoms. The average molecular weight is 214 g/mol. The normalized spacial score (nSPS) is 18.6. The Labute approximate surface area is 88.3 Å². The molecule has 76 valence electrons. The van der Waals surface area contributed by atoms with Crippen molar-refractivity contribution in [2.45, 2.75) is 25.7 Å². The van der Waals surface area contributed by atoms with Crippen molar-refractivity contribution >= 4 is 17.3 Å². The molecule has 1 heterocycles. The Bertz CT molecular complexity index is 374. The van der Waals surface area contributed by atoms with Gasteiger partial charge in [0.1, 0.15) is 5.82 Å². The van der Waals surface area contributed by atoms with Crippen LogP contribution in [0.2, 0.25) is 5.02 Å². The summed E-state index contributed by atoms with van der Waals surface area (Å²) in [5, 5.41) is 3.70. The van der Waals surface area contributed by atoms with Gasteiger partial charge in [-0.15, -0.1) is 0 Å². The second kappa shape index (κ2) is 3.13. The van der Waals surface area contributed by atoms with E-state index >= 15 is 0 Å². The van der Waals surface area contributed by atoms with Crippen LogP contribution in [0.5, 0.6) is 0 Å². The standard InChI is InChI=1S/C11H13ClFN/c1-11(2)3-4-14-9-6-7(13)5-8(12)10(9)11/h5-6,14H,3-4H2,1-2H3. The Morgan fingerprint density at radius 3 is 2.86 bits per heavy atom. The van der Waals surface area contributed by atoms with Crippen LogP contribution in [0.15, 0.2) is 12.1 Å². The summed E-state index contributed by atoms with van der Waals surface area (Å²) in [7, 11) is 0. The Morgan fingerprint density at radius 1 is 1.43 bits per heavy atom. The highest BCUT2D eigenvalue weighted by Crippen LogP contribution is 2.41. The minimum atomic E-state index is -0.279. The first-order valence-electron chi connectivity index (χ1n) is 4.74. The lowest BCUT2D eigenvalue weighted by atomic mass is 9.78. The molecule has 0 aliphatic carbocycles. The summed E-state index contributed by atoms with van der Waals surface area (Å²) < 4.78 is 13.1. The third-order valence-electron chi connectivity index (χ3n) is 2.80. The molecule has 0 fully saturated rings. The summed E-state index contributed by atoms with van der Waals surface area (Å²) in [6.45, 7) is 5.15. The second-order valence-electron chi connectivity index (χ2n) is 4.37. The molecule has 0 radical (unpaired) electrons. The fourth-order valence-corrected chi connectivity index (χ4v) is 2.50. The molecule has 1 aromatic rings. The van der Waals surface area contributed by atoms with Crippen molar-refractivity contribution in [1.29, 1.82) is 0 Å². The highest BCUT2D eigenvalue weighted by atomic mass is 35.5. The van der Waals surface area contributed by atoms with E-state index in [2.05, 4.69) is 19.2 Å². The molecule has 1 aromatic carbocycles. The van der Waals surface area contributed by atoms with Crippen molar-refractivity contribution in [3.8, 4) is 0 Å². The van der Waals surface area contributed by atoms with Crippen molar-refractivity contribution in [3.63, 3.8) is 0 Å². The smallest absolute Gasteiger partial charge is 0.126 e. The molecule has 0 spiro atoms. The van der Waals surface area contributed by atoms with E-state index in [-0.39, 0.29) is 11.2 Å². The molecule has 0 unspecified atom stereocenters. The topological polar surface area (TPSA) is 12.0 Å². The number of anilines is 1. The van der Waals surface area contributed by atoms with Gasteiger partial charge in [0, 0.05) is 17.3 Å². The highest BCUT2D eigenvalue weighted by Gasteiger charge is 2.29. The molecule has 0 atom stereocenters. The highest BCUT2D eigenvalue weighted by molar-refractivity contribution is 6.32. The zero-order valence-corrected chi connectivity index (χ0v) is 9.08. The molecule has 14 heavy (non-hydrogen) atoms. The van der Waals surface area contributed by atoms with Gasteiger partial charge >= 0.3 is 0 Å². The van der Waals surface area contributed by atoms with E-state index in [0.717, 1.165) is 24.2 Å². The van der Waals surface area contributed by atoms with Crippen molar-refractivity contribution in [1.82, 2.24) is 0 Å². The molecule has 0 saturated heterocycles. The number of hydrogen-bond donors (Lipinski definition) is 1. The molecule has 0 amide bonds. The molecule has 2 rings (SSSR count). The van der Waals surface area contributed by atoms with Gasteiger partial charge in [0.05, 0.1) is 0 Å². The monoisotopic (exact) mass is 213 g/mol. The zero-order chi connectivity index (χ0) is 10.3. The molecule has 1 aliphatic rings. The molecular weight excluding hydrogens is 201 g/mol. The minimum absolute atomic E-state index is 0.0331. The largest absolute Gasteiger partial charge is 0.385 e. The maximum atomic E-state index is 13.1. The first kappa shape index (κ1) is 9.78. The fraction of sp³-hybridized carbons (Fsp3) is 0.455. The van der Waals surface area contributed by atoms with Gasteiger partial charge < -0.3 is 5.32 Å². The van der Waals surface area contributed by atoms with Crippen LogP contribution in [0.3, 0.4) is 0 Å². The number of hydrogen-bond acceptors (Lipinski definition) is 1. The molecule has 0 saturated carbocycles. The first-order chi connectivity index (χ1) is 6.50. The van der Waals surface area contributed by atoms with Crippen LogP contribution in [0.4, 0.5) is 10.1 Å². The molecule has 1 nitrogen and oxygen atoms in total. The van der Waals surface area contributed by atoms with Gasteiger partial charge in [-0.05, 0) is 29.5 Å². The van der Waals surface area contributed by atoms with Crippen molar-refractivity contribution in [3.05, 3.63) is 28.5 Å². The van der Waals surface area contributed by atoms with E-state index in [1.165, 1.54) is 12.1 Å². The molecule has 1 N–H and O–H groups in total. The van der Waals surface area contributed by atoms with Crippen LogP contribution in [-0.4, -0.2) is 6.54 Å². The van der Waals surface area contributed by atoms with E-state index in [1.807, 2.05) is 0 Å². The molecule has 1 aliphatic heterocycles. The Balaban J connectivity index is 2.63. The van der Waals surface area contributed by atoms with E-state index in [9.17, 15) is 4.39 Å². The van der Waals surface area contributed by atoms with Gasteiger partial charge in [0.25, 0.3) is 0 Å². The minimum Gasteiger partial charge on any atom is -0.385 e. The third-order valence-corrected chi connectivity index (χ3v) is 3.10. The van der Waals surface area contributed by atoms with Crippen molar-refractivity contribution in [2.75, 3.05) is 11.9 Å². The Kier molecular flexibility index (Phi) is 2.18. The third kappa shape index (κ3) is 1.48. The van der Waals surface area contributed by atoms with Crippen LogP contribution < -0.4 is 5.32 Å². The SMILES string of the molecule is CC1(C)CCNc2cc(F)cc(Cl)c21. The van der Waals surface area contributed by atoms with E-state index in [1.54, 1.807) is 0 Å². The summed E-state index contributed by atoms with van der Waals surface area (Å²) >= 11 is 6.05. The lowest BCUT2D eigenvalue weighted by molar-refractivity contribution is 0.480. The summed E-state index contributed by atoms with van der Waals surface area (Å²) in [5.74, 6) is -0.279. The van der Waals surface area contributed by atoms with Crippen LogP contribution >= 0.6 is 11.6 Å². The van der Waals surface area contributed by atoms with E-state index in [4.69, 9.17) is 11.6 Å². The predicted octanol–water partition coefficient (Wildman–Crippen LogP) is 3.57. The first-order valence-corrected chi connectivity index (χ1v) is 5.12. The zero-order valence-electron chi connectivity index (χ0n) is 8.32. The number of nitrogens with one attached hydrogen (secondary N) is 1. The summed E-state index contributed by atoms with van der Waals surface area (Å²) in [6.07, 6.45) is 1.02. The summed E-state index contributed by atoms with van der Waals surface area (Å²) in [4.78, 5) is 0. The number of fused-ring (bicyclic) bond motifs is 1. The molecule has 0 aromatic heterocycles. The van der Waals surface area contributed by atoms with Gasteiger partial charge in [0.15, 0.2) is 0 Å². The van der Waals surface area contributed by atoms with E-state index < -0.39 is 0 Å². The van der Waals surface area contributed by atoms with Crippen LogP contribution in [0, 0.1) is 5.82 Å². The van der Waals surface area contributed by atoms with Gasteiger partial charge in [-0.3, -0.25) is 0 Å². The average Bonchev–Trinajstić information content (AvgIpc) is 2.00. The van der Waals surface area contributed by atoms with Gasteiger partial charge in [-0.2, -0.15) is 0 Å². The van der Waals surface area contributed by atoms with Crippen LogP contribution in [-0.2, 0) is 5.41 Å². The summed E-state index contributed by atoms with van der Waals surface area (Å²) in [5.41, 5.74) is 1.91. The fourth-order valence-electron chi connectivity index (χ4n) is 2.04.